The van der Waals surface area contributed by atoms with Crippen LogP contribution in [-0.4, -0.2) is 240 Å². The monoisotopic (exact) mass is 1620 g/mol. The van der Waals surface area contributed by atoms with Crippen molar-refractivity contribution >= 4 is 37.7 Å². The molecule has 12 fully saturated rings. The lowest BCUT2D eigenvalue weighted by Gasteiger charge is -2.41. The summed E-state index contributed by atoms with van der Waals surface area (Å²) in [7, 11) is -4.40. The Labute approximate surface area is 690 Å². The van der Waals surface area contributed by atoms with Gasteiger partial charge in [0.15, 0.2) is 0 Å². The van der Waals surface area contributed by atoms with Crippen molar-refractivity contribution in [1.82, 2.24) is 57.8 Å². The van der Waals surface area contributed by atoms with Gasteiger partial charge in [0.05, 0.1) is 78.1 Å². The van der Waals surface area contributed by atoms with Gasteiger partial charge in [0.1, 0.15) is 5.82 Å². The molecule has 0 bridgehead atoms. The molecule has 15 rings (SSSR count). The van der Waals surface area contributed by atoms with Crippen molar-refractivity contribution in [3.63, 3.8) is 0 Å². The van der Waals surface area contributed by atoms with Gasteiger partial charge in [-0.15, -0.1) is 0 Å². The molecule has 2 unspecified atom stereocenters. The third kappa shape index (κ3) is 27.7. The number of anilines is 1. The van der Waals surface area contributed by atoms with E-state index < -0.39 is 20.0 Å². The predicted octanol–water partition coefficient (Wildman–Crippen LogP) is 14.5. The van der Waals surface area contributed by atoms with Crippen molar-refractivity contribution in [2.24, 2.45) is 71.1 Å². The molecule has 1 aromatic carbocycles. The molecule has 10 saturated heterocycles. The minimum atomic E-state index is -3.48. The van der Waals surface area contributed by atoms with Gasteiger partial charge in [0.2, 0.25) is 31.9 Å². The van der Waals surface area contributed by atoms with E-state index in [0.717, 1.165) is 209 Å². The van der Waals surface area contributed by atoms with Crippen LogP contribution in [0.5, 0.6) is 0 Å². The number of piperidine rings is 7. The van der Waals surface area contributed by atoms with Crippen LogP contribution in [0, 0.1) is 86.8 Å². The molecule has 22 nitrogen and oxygen atoms in total. The van der Waals surface area contributed by atoms with Crippen molar-refractivity contribution in [3.05, 3.63) is 66.4 Å². The van der Waals surface area contributed by atoms with Gasteiger partial charge in [0, 0.05) is 122 Å². The molecule has 2 aromatic heterocycles. The minimum Gasteiger partial charge on any atom is -0.378 e. The Morgan fingerprint density at radius 2 is 1.13 bits per heavy atom. The molecular formula is C90H151N15O7S2. The number of benzene rings is 1. The zero-order valence-electron chi connectivity index (χ0n) is 73.1. The minimum absolute atomic E-state index is 0.0298. The van der Waals surface area contributed by atoms with Crippen LogP contribution in [0.15, 0.2) is 60.1 Å². The smallest absolute Gasteiger partial charge is 0.243 e. The molecule has 0 N–H and O–H groups in total. The van der Waals surface area contributed by atoms with Crippen molar-refractivity contribution in [2.75, 3.05) is 129 Å². The second-order valence-electron chi connectivity index (χ2n) is 38.7. The Balaban J connectivity index is 0.000000154. The molecule has 2 saturated carbocycles. The highest BCUT2D eigenvalue weighted by Gasteiger charge is 2.43. The number of amides is 2. The van der Waals surface area contributed by atoms with E-state index in [4.69, 9.17) is 15.3 Å². The quantitative estimate of drug-likeness (QED) is 0.137. The number of likely N-dealkylation sites (tertiary alicyclic amines) is 6. The summed E-state index contributed by atoms with van der Waals surface area (Å²) < 4.78 is 59.2. The Bertz CT molecular complexity index is 3670. The van der Waals surface area contributed by atoms with Crippen LogP contribution in [0.1, 0.15) is 249 Å². The van der Waals surface area contributed by atoms with E-state index >= 15 is 0 Å². The third-order valence-electron chi connectivity index (χ3n) is 27.3. The van der Waals surface area contributed by atoms with Crippen molar-refractivity contribution in [1.29, 1.82) is 10.5 Å². The maximum absolute atomic E-state index is 12.8. The highest BCUT2D eigenvalue weighted by atomic mass is 32.2. The standard InChI is InChI=1S/C17H30N2O.C16H22N2O2S.C15H25N3O.C13H21N3.C11H19N3.C9H17NO2S.C9H17NO/c1-13(2)14-8-11-18(12-9-14)17(20)16-7-4-10-19(16)15-5-3-6-15;1-16(2,3)14-7-9-18(10-8-14)21(19,20)15-6-4-5-13(11-15)12-17;1-12(2)13-5-9-18(10-6-13)15(19)14-4-3-8-17(14)11-7-16;1-13(2,3)11-4-8-16(9-5-11)12-10-14-6-7-15-12;1-10-3-5-14(6-4-10)9-11-7-12-13(2)8-11;1-8-3-2-6-10(7-8)13(11,12)9-4-5-9;1-8-3-2-4-10(5-8)9-6-11-7-9/h13-16H,3-12H2,1-2H3;4-6,11,14H,7-10H2,1-3H3;12-14H,3-6,8-11H2,1-2H3;6-7,10-11H,4-5,8-9H2,1-3H3;7-8,10H,3-6,9H2,1-2H3;8-9H,2-7H2,1H3;8-9H,2-7H2,1H3/t16-;;14-;;;;/m0.0..../s1. The summed E-state index contributed by atoms with van der Waals surface area (Å²) in [6, 6.07) is 12.1. The second kappa shape index (κ2) is 44.2. The van der Waals surface area contributed by atoms with Crippen LogP contribution in [0.2, 0.25) is 0 Å². The first kappa shape index (κ1) is 92.7. The zero-order chi connectivity index (χ0) is 82.3. The van der Waals surface area contributed by atoms with Crippen LogP contribution < -0.4 is 4.90 Å². The molecule has 12 heterocycles. The van der Waals surface area contributed by atoms with Gasteiger partial charge in [-0.2, -0.15) is 19.9 Å². The summed E-state index contributed by atoms with van der Waals surface area (Å²) in [5.41, 5.74) is 2.37. The van der Waals surface area contributed by atoms with Crippen LogP contribution >= 0.6 is 0 Å². The van der Waals surface area contributed by atoms with E-state index in [-0.39, 0.29) is 33.6 Å². The lowest BCUT2D eigenvalue weighted by atomic mass is 9.75. The third-order valence-corrected chi connectivity index (χ3v) is 31.6. The lowest BCUT2D eigenvalue weighted by molar-refractivity contribution is -0.139. The summed E-state index contributed by atoms with van der Waals surface area (Å²) in [4.78, 5) is 50.3. The molecule has 2 aliphatic carbocycles. The van der Waals surface area contributed by atoms with Gasteiger partial charge in [-0.3, -0.25) is 38.9 Å². The number of nitrogens with zero attached hydrogens (tertiary/aromatic N) is 15. The largest absolute Gasteiger partial charge is 0.378 e. The fourth-order valence-corrected chi connectivity index (χ4v) is 22.3. The zero-order valence-corrected chi connectivity index (χ0v) is 74.7. The number of nitriles is 2. The van der Waals surface area contributed by atoms with E-state index in [2.05, 4.69) is 142 Å². The van der Waals surface area contributed by atoms with Crippen molar-refractivity contribution < 1.29 is 31.2 Å². The molecule has 2 amide bonds. The Hall–Kier alpha value is -5.15. The highest BCUT2D eigenvalue weighted by Crippen LogP contribution is 2.39. The number of sulfonamides is 2. The normalized spacial score (nSPS) is 25.1. The second-order valence-corrected chi connectivity index (χ2v) is 42.9. The van der Waals surface area contributed by atoms with Crippen LogP contribution in [0.3, 0.4) is 0 Å². The van der Waals surface area contributed by atoms with Gasteiger partial charge in [-0.1, -0.05) is 102 Å². The number of hydrogen-bond donors (Lipinski definition) is 0. The van der Waals surface area contributed by atoms with Crippen molar-refractivity contribution in [2.45, 2.75) is 279 Å². The molecular weight excluding hydrogens is 1470 g/mol. The van der Waals surface area contributed by atoms with E-state index in [1.807, 2.05) is 40.0 Å². The van der Waals surface area contributed by atoms with Gasteiger partial charge < -0.3 is 19.4 Å². The fourth-order valence-electron chi connectivity index (χ4n) is 18.8. The van der Waals surface area contributed by atoms with E-state index in [1.54, 1.807) is 39.2 Å². The molecule has 12 aliphatic rings. The molecule has 640 valence electrons. The molecule has 0 spiro atoms. The van der Waals surface area contributed by atoms with E-state index in [9.17, 15) is 26.4 Å². The maximum Gasteiger partial charge on any atom is 0.243 e. The maximum atomic E-state index is 12.8. The topological polar surface area (TPSA) is 232 Å². The molecule has 114 heavy (non-hydrogen) atoms. The number of rotatable bonds is 14. The number of carbonyl (C=O) groups excluding carboxylic acids is 2. The summed E-state index contributed by atoms with van der Waals surface area (Å²) in [5, 5.41) is 21.9. The number of aryl methyl sites for hydroxylation is 1. The first-order valence-corrected chi connectivity index (χ1v) is 47.7. The fraction of sp³-hybridized carbons (Fsp3) is 0.811. The number of hydrogen-bond acceptors (Lipinski definition) is 17. The molecule has 24 heteroatoms. The number of ether oxygens (including phenoxy) is 1. The van der Waals surface area contributed by atoms with Gasteiger partial charge in [0.25, 0.3) is 0 Å². The van der Waals surface area contributed by atoms with Crippen LogP contribution in [-0.2, 0) is 48.0 Å². The summed E-state index contributed by atoms with van der Waals surface area (Å²) >= 11 is 0. The van der Waals surface area contributed by atoms with Gasteiger partial charge in [-0.05, 0) is 250 Å². The summed E-state index contributed by atoms with van der Waals surface area (Å²) in [6.45, 7) is 48.9. The lowest BCUT2D eigenvalue weighted by Crippen LogP contribution is -2.52. The van der Waals surface area contributed by atoms with Crippen LogP contribution in [0.4, 0.5) is 5.82 Å². The average Bonchev–Trinajstić information content (AvgIpc) is 1.58. The van der Waals surface area contributed by atoms with Gasteiger partial charge >= 0.3 is 0 Å². The predicted molar refractivity (Wildman–Crippen MR) is 458 cm³/mol. The van der Waals surface area contributed by atoms with Crippen LogP contribution in [0.25, 0.3) is 0 Å². The van der Waals surface area contributed by atoms with Gasteiger partial charge in [-0.25, -0.2) is 26.1 Å². The number of aromatic nitrogens is 4. The Kier molecular flexibility index (Phi) is 36.0. The molecule has 3 aromatic rings. The average molecular weight is 1620 g/mol. The van der Waals surface area contributed by atoms with E-state index in [1.165, 1.54) is 121 Å². The SMILES string of the molecule is CC(C)(C)C1CCN(S(=O)(=O)c2cccc(C#N)c2)CC1.CC(C)(C)C1CCN(c2cnccn2)CC1.CC(C)C1CCN(C(=O)[C@@H]2CCCN2C2CCC2)CC1.CC(C)C1CCN(C(=O)[C@@H]2CCCN2CC#N)CC1.CC1CCCN(C2COC2)C1.CC1CCCN(S(=O)(=O)C2CC2)C1.CC1CCN(Cc2cnn(C)c2)CC1. The molecule has 0 radical (unpaired) electrons. The molecule has 4 atom stereocenters. The summed E-state index contributed by atoms with van der Waals surface area (Å²) in [6.07, 6.45) is 36.2. The van der Waals surface area contributed by atoms with Crippen molar-refractivity contribution in [3.8, 4) is 12.1 Å². The number of carbonyl (C=O) groups is 2. The first-order valence-electron chi connectivity index (χ1n) is 44.8. The first-order chi connectivity index (χ1) is 54.3. The molecule has 10 aliphatic heterocycles. The summed E-state index contributed by atoms with van der Waals surface area (Å²) in [5.74, 6) is 8.56. The highest BCUT2D eigenvalue weighted by molar-refractivity contribution is 7.90. The van der Waals surface area contributed by atoms with E-state index in [0.29, 0.717) is 48.4 Å². The Morgan fingerprint density at radius 1 is 0.570 bits per heavy atom. The Morgan fingerprint density at radius 3 is 1.62 bits per heavy atom.